The minimum absolute atomic E-state index is 0.0967. The van der Waals surface area contributed by atoms with Crippen LogP contribution in [-0.4, -0.2) is 34.9 Å². The van der Waals surface area contributed by atoms with E-state index in [0.717, 1.165) is 23.3 Å². The van der Waals surface area contributed by atoms with Gasteiger partial charge < -0.3 is 9.47 Å². The number of carbonyl (C=O) groups is 1. The first-order chi connectivity index (χ1) is 14.5. The molecule has 0 N–H and O–H groups in total. The number of benzene rings is 2. The van der Waals surface area contributed by atoms with Gasteiger partial charge in [0, 0.05) is 17.1 Å². The summed E-state index contributed by atoms with van der Waals surface area (Å²) in [4.78, 5) is 14.6. The predicted molar refractivity (Wildman–Crippen MR) is 128 cm³/mol. The Morgan fingerprint density at radius 3 is 2.60 bits per heavy atom. The van der Waals surface area contributed by atoms with Crippen LogP contribution in [-0.2, 0) is 11.2 Å². The van der Waals surface area contributed by atoms with Crippen molar-refractivity contribution in [2.45, 2.75) is 13.3 Å². The number of hydrogen-bond acceptors (Lipinski definition) is 5. The zero-order chi connectivity index (χ0) is 21.5. The van der Waals surface area contributed by atoms with Gasteiger partial charge >= 0.3 is 0 Å². The molecule has 1 heterocycles. The van der Waals surface area contributed by atoms with Gasteiger partial charge in [0.15, 0.2) is 0 Å². The fourth-order valence-electron chi connectivity index (χ4n) is 2.95. The summed E-state index contributed by atoms with van der Waals surface area (Å²) in [5, 5.41) is 0.564. The topological polar surface area (TPSA) is 38.8 Å². The van der Waals surface area contributed by atoms with Crippen LogP contribution < -0.4 is 9.47 Å². The largest absolute Gasteiger partial charge is 0.490 e. The summed E-state index contributed by atoms with van der Waals surface area (Å²) in [6, 6.07) is 13.2. The first-order valence-electron chi connectivity index (χ1n) is 9.52. The molecule has 2 aromatic rings. The highest BCUT2D eigenvalue weighted by Crippen LogP contribution is 2.34. The van der Waals surface area contributed by atoms with Crippen molar-refractivity contribution in [3.05, 3.63) is 76.2 Å². The van der Waals surface area contributed by atoms with Crippen LogP contribution in [0.2, 0.25) is 5.02 Å². The number of ether oxygens (including phenoxy) is 2. The molecule has 156 valence electrons. The van der Waals surface area contributed by atoms with Crippen LogP contribution in [0.15, 0.2) is 60.0 Å². The van der Waals surface area contributed by atoms with Crippen molar-refractivity contribution in [2.75, 3.05) is 19.8 Å². The van der Waals surface area contributed by atoms with E-state index in [-0.39, 0.29) is 5.91 Å². The summed E-state index contributed by atoms with van der Waals surface area (Å²) in [7, 11) is 0. The van der Waals surface area contributed by atoms with Crippen molar-refractivity contribution in [3.63, 3.8) is 0 Å². The van der Waals surface area contributed by atoms with Crippen LogP contribution in [0.3, 0.4) is 0 Å². The fraction of sp³-hybridized carbons (Fsp3) is 0.217. The first-order valence-corrected chi connectivity index (χ1v) is 11.1. The van der Waals surface area contributed by atoms with E-state index >= 15 is 0 Å². The Bertz CT molecular complexity index is 990. The normalized spacial score (nSPS) is 15.0. The van der Waals surface area contributed by atoms with Gasteiger partial charge in [0.25, 0.3) is 5.91 Å². The Labute approximate surface area is 191 Å². The molecule has 1 amide bonds. The fourth-order valence-corrected chi connectivity index (χ4v) is 4.51. The van der Waals surface area contributed by atoms with E-state index in [0.29, 0.717) is 39.8 Å². The molecule has 0 radical (unpaired) electrons. The molecular formula is C23H22ClNO3S2. The molecular weight excluding hydrogens is 438 g/mol. The summed E-state index contributed by atoms with van der Waals surface area (Å²) >= 11 is 12.7. The number of carbonyl (C=O) groups excluding carboxylic acids is 1. The van der Waals surface area contributed by atoms with Gasteiger partial charge in [0.1, 0.15) is 29.0 Å². The molecule has 0 aromatic heterocycles. The quantitative estimate of drug-likeness (QED) is 0.207. The highest BCUT2D eigenvalue weighted by atomic mass is 35.5. The molecule has 0 saturated carbocycles. The molecule has 30 heavy (non-hydrogen) atoms. The van der Waals surface area contributed by atoms with Crippen molar-refractivity contribution in [3.8, 4) is 11.5 Å². The second kappa shape index (κ2) is 10.7. The highest BCUT2D eigenvalue weighted by molar-refractivity contribution is 8.26. The molecule has 1 saturated heterocycles. The third kappa shape index (κ3) is 5.45. The Hall–Kier alpha value is -2.28. The lowest BCUT2D eigenvalue weighted by atomic mass is 10.1. The summed E-state index contributed by atoms with van der Waals surface area (Å²) in [5.41, 5.74) is 1.81. The summed E-state index contributed by atoms with van der Waals surface area (Å²) in [5.74, 6) is 1.35. The number of amides is 1. The SMILES string of the molecule is C=CCc1ccccc1OCCOc1ccc(Cl)cc1C=C1SC(=S)N(CC)C1=O. The number of likely N-dealkylation sites (N-methyl/N-ethyl adjacent to an activating group) is 1. The number of rotatable bonds is 9. The Morgan fingerprint density at radius 2 is 1.90 bits per heavy atom. The van der Waals surface area contributed by atoms with Crippen molar-refractivity contribution < 1.29 is 14.3 Å². The van der Waals surface area contributed by atoms with E-state index in [2.05, 4.69) is 6.58 Å². The molecule has 1 aliphatic rings. The van der Waals surface area contributed by atoms with Gasteiger partial charge in [-0.3, -0.25) is 9.69 Å². The van der Waals surface area contributed by atoms with Crippen LogP contribution in [0.25, 0.3) is 6.08 Å². The molecule has 1 fully saturated rings. The van der Waals surface area contributed by atoms with Gasteiger partial charge in [-0.25, -0.2) is 0 Å². The van der Waals surface area contributed by atoms with Gasteiger partial charge in [0.05, 0.1) is 4.91 Å². The lowest BCUT2D eigenvalue weighted by molar-refractivity contribution is -0.121. The maximum Gasteiger partial charge on any atom is 0.266 e. The van der Waals surface area contributed by atoms with Crippen LogP contribution >= 0.6 is 35.6 Å². The number of nitrogens with zero attached hydrogens (tertiary/aromatic N) is 1. The van der Waals surface area contributed by atoms with Gasteiger partial charge in [-0.2, -0.15) is 0 Å². The zero-order valence-electron chi connectivity index (χ0n) is 16.6. The second-order valence-corrected chi connectivity index (χ2v) is 8.52. The third-order valence-electron chi connectivity index (χ3n) is 4.38. The van der Waals surface area contributed by atoms with E-state index in [9.17, 15) is 4.79 Å². The molecule has 0 bridgehead atoms. The lowest BCUT2D eigenvalue weighted by Crippen LogP contribution is -2.27. The van der Waals surface area contributed by atoms with E-state index in [1.54, 1.807) is 29.2 Å². The number of para-hydroxylation sites is 1. The van der Waals surface area contributed by atoms with E-state index < -0.39 is 0 Å². The standard InChI is InChI=1S/C23H22ClNO3S2/c1-3-7-16-8-5-6-9-19(16)27-12-13-28-20-11-10-18(24)14-17(20)15-21-22(26)25(4-2)23(29)30-21/h3,5-6,8-11,14-15H,1,4,7,12-13H2,2H3. The molecule has 4 nitrogen and oxygen atoms in total. The van der Waals surface area contributed by atoms with Crippen LogP contribution in [0.5, 0.6) is 11.5 Å². The minimum Gasteiger partial charge on any atom is -0.490 e. The maximum atomic E-state index is 12.5. The lowest BCUT2D eigenvalue weighted by Gasteiger charge is -2.13. The smallest absolute Gasteiger partial charge is 0.266 e. The monoisotopic (exact) mass is 459 g/mol. The van der Waals surface area contributed by atoms with Crippen molar-refractivity contribution >= 4 is 51.9 Å². The second-order valence-electron chi connectivity index (χ2n) is 6.41. The summed E-state index contributed by atoms with van der Waals surface area (Å²) < 4.78 is 12.4. The number of hydrogen-bond donors (Lipinski definition) is 0. The molecule has 3 rings (SSSR count). The number of allylic oxidation sites excluding steroid dienone is 1. The van der Waals surface area contributed by atoms with Gasteiger partial charge in [-0.1, -0.05) is 59.9 Å². The molecule has 7 heteroatoms. The molecule has 0 unspecified atom stereocenters. The summed E-state index contributed by atoms with van der Waals surface area (Å²) in [6.07, 6.45) is 4.37. The van der Waals surface area contributed by atoms with E-state index in [4.69, 9.17) is 33.3 Å². The van der Waals surface area contributed by atoms with Crippen molar-refractivity contribution in [2.24, 2.45) is 0 Å². The number of halogens is 1. The van der Waals surface area contributed by atoms with Crippen molar-refractivity contribution in [1.29, 1.82) is 0 Å². The Kier molecular flexibility index (Phi) is 7.96. The van der Waals surface area contributed by atoms with Crippen LogP contribution in [0, 0.1) is 0 Å². The van der Waals surface area contributed by atoms with Gasteiger partial charge in [-0.15, -0.1) is 6.58 Å². The molecule has 0 spiro atoms. The van der Waals surface area contributed by atoms with Crippen molar-refractivity contribution in [1.82, 2.24) is 4.90 Å². The Morgan fingerprint density at radius 1 is 1.17 bits per heavy atom. The minimum atomic E-state index is -0.0967. The van der Waals surface area contributed by atoms with E-state index in [1.807, 2.05) is 37.3 Å². The molecule has 2 aromatic carbocycles. The first kappa shape index (κ1) is 22.4. The van der Waals surface area contributed by atoms with E-state index in [1.165, 1.54) is 11.8 Å². The molecule has 0 atom stereocenters. The molecule has 0 aliphatic carbocycles. The summed E-state index contributed by atoms with van der Waals surface area (Å²) in [6.45, 7) is 6.95. The van der Waals surface area contributed by atoms with Gasteiger partial charge in [-0.05, 0) is 49.2 Å². The van der Waals surface area contributed by atoms with Crippen LogP contribution in [0.1, 0.15) is 18.1 Å². The Balaban J connectivity index is 1.68. The molecule has 1 aliphatic heterocycles. The number of thioether (sulfide) groups is 1. The average Bonchev–Trinajstić information content (AvgIpc) is 3.00. The van der Waals surface area contributed by atoms with Crippen LogP contribution in [0.4, 0.5) is 0 Å². The average molecular weight is 460 g/mol. The third-order valence-corrected chi connectivity index (χ3v) is 6.00. The van der Waals surface area contributed by atoms with Gasteiger partial charge in [0.2, 0.25) is 0 Å². The number of thiocarbonyl (C=S) groups is 1. The zero-order valence-corrected chi connectivity index (χ0v) is 19.0. The highest BCUT2D eigenvalue weighted by Gasteiger charge is 2.30. The maximum absolute atomic E-state index is 12.5. The predicted octanol–water partition coefficient (Wildman–Crippen LogP) is 5.75.